The molecule has 1 amide bonds. The van der Waals surface area contributed by atoms with E-state index < -0.39 is 18.2 Å². The van der Waals surface area contributed by atoms with Crippen LogP contribution in [0.25, 0.3) is 0 Å². The Bertz CT molecular complexity index is 176. The second kappa shape index (κ2) is 7.00. The van der Waals surface area contributed by atoms with Crippen molar-refractivity contribution >= 4 is 18.3 Å². The van der Waals surface area contributed by atoms with Gasteiger partial charge in [0.05, 0.1) is 6.10 Å². The summed E-state index contributed by atoms with van der Waals surface area (Å²) in [5.41, 5.74) is 10.9. The van der Waals surface area contributed by atoms with Crippen LogP contribution in [0, 0.1) is 0 Å². The van der Waals surface area contributed by atoms with E-state index in [4.69, 9.17) is 11.5 Å². The molecule has 3 atom stereocenters. The molecule has 0 aliphatic rings. The molecule has 86 valence electrons. The van der Waals surface area contributed by atoms with E-state index in [1.54, 1.807) is 6.92 Å². The zero-order valence-electron chi connectivity index (χ0n) is 8.73. The topological polar surface area (TPSA) is 101 Å². The third kappa shape index (κ3) is 5.39. The number of rotatable bonds is 4. The highest BCUT2D eigenvalue weighted by atomic mass is 35.5. The van der Waals surface area contributed by atoms with Crippen LogP contribution in [0.2, 0.25) is 0 Å². The zero-order chi connectivity index (χ0) is 10.6. The van der Waals surface area contributed by atoms with Crippen LogP contribution in [-0.2, 0) is 4.79 Å². The number of nitrogens with one attached hydrogen (secondary N) is 1. The summed E-state index contributed by atoms with van der Waals surface area (Å²) in [5.74, 6) is -0.375. The van der Waals surface area contributed by atoms with Crippen LogP contribution < -0.4 is 16.8 Å². The number of carbonyl (C=O) groups is 1. The zero-order valence-corrected chi connectivity index (χ0v) is 9.54. The molecule has 0 aliphatic heterocycles. The van der Waals surface area contributed by atoms with Gasteiger partial charge in [-0.2, -0.15) is 0 Å². The first-order chi connectivity index (χ1) is 5.86. The molecule has 0 radical (unpaired) electrons. The van der Waals surface area contributed by atoms with E-state index in [2.05, 4.69) is 5.32 Å². The van der Waals surface area contributed by atoms with Crippen LogP contribution in [0.5, 0.6) is 0 Å². The number of amides is 1. The Hall–Kier alpha value is -0.360. The Labute approximate surface area is 90.6 Å². The summed E-state index contributed by atoms with van der Waals surface area (Å²) in [5, 5.41) is 12.0. The number of halogens is 1. The molecule has 0 bridgehead atoms. The summed E-state index contributed by atoms with van der Waals surface area (Å²) < 4.78 is 0. The minimum atomic E-state index is -1.00. The Morgan fingerprint density at radius 1 is 1.29 bits per heavy atom. The summed E-state index contributed by atoms with van der Waals surface area (Å²) in [7, 11) is 0. The molecule has 0 fully saturated rings. The number of carbonyl (C=O) groups excluding carboxylic acids is 1. The van der Waals surface area contributed by atoms with Crippen molar-refractivity contribution in [1.29, 1.82) is 0 Å². The van der Waals surface area contributed by atoms with Crippen molar-refractivity contribution in [1.82, 2.24) is 5.32 Å². The van der Waals surface area contributed by atoms with E-state index in [-0.39, 0.29) is 24.4 Å². The largest absolute Gasteiger partial charge is 0.389 e. The summed E-state index contributed by atoms with van der Waals surface area (Å²) >= 11 is 0. The first kappa shape index (κ1) is 16.1. The quantitative estimate of drug-likeness (QED) is 0.491. The average molecular weight is 226 g/mol. The van der Waals surface area contributed by atoms with Gasteiger partial charge in [-0.1, -0.05) is 0 Å². The first-order valence-electron chi connectivity index (χ1n) is 4.36. The van der Waals surface area contributed by atoms with Gasteiger partial charge in [0, 0.05) is 12.1 Å². The Morgan fingerprint density at radius 2 is 1.71 bits per heavy atom. The predicted molar refractivity (Wildman–Crippen MR) is 58.2 cm³/mol. The lowest BCUT2D eigenvalue weighted by atomic mass is 10.1. The highest BCUT2D eigenvalue weighted by Crippen LogP contribution is 1.95. The minimum Gasteiger partial charge on any atom is -0.389 e. The van der Waals surface area contributed by atoms with Crippen molar-refractivity contribution in [2.24, 2.45) is 11.5 Å². The van der Waals surface area contributed by atoms with E-state index in [0.29, 0.717) is 0 Å². The molecule has 0 rings (SSSR count). The van der Waals surface area contributed by atoms with Gasteiger partial charge in [-0.05, 0) is 20.8 Å². The van der Waals surface area contributed by atoms with Crippen LogP contribution in [0.1, 0.15) is 20.8 Å². The summed E-state index contributed by atoms with van der Waals surface area (Å²) in [6, 6.07) is -1.45. The van der Waals surface area contributed by atoms with Crippen molar-refractivity contribution < 1.29 is 9.90 Å². The monoisotopic (exact) mass is 225 g/mol. The molecule has 0 aromatic carbocycles. The standard InChI is InChI=1S/C8H19N3O2.ClH/c1-4(2)11-8(13)6(10)7(12)5(3)9;/h4-7,12H,9-10H2,1-3H3,(H,11,13);1H/t5-,6?,7-;/m0./s1. The number of hydrogen-bond acceptors (Lipinski definition) is 4. The Kier molecular flexibility index (Phi) is 8.04. The maximum absolute atomic E-state index is 11.2. The smallest absolute Gasteiger partial charge is 0.239 e. The molecule has 0 aromatic heterocycles. The molecule has 0 heterocycles. The van der Waals surface area contributed by atoms with E-state index in [9.17, 15) is 9.90 Å². The van der Waals surface area contributed by atoms with Gasteiger partial charge in [0.2, 0.25) is 5.91 Å². The summed E-state index contributed by atoms with van der Waals surface area (Å²) in [6.45, 7) is 5.25. The maximum atomic E-state index is 11.2. The number of nitrogens with two attached hydrogens (primary N) is 2. The second-order valence-electron chi connectivity index (χ2n) is 3.54. The molecule has 0 aliphatic carbocycles. The molecule has 0 aromatic rings. The summed E-state index contributed by atoms with van der Waals surface area (Å²) in [6.07, 6.45) is -1.00. The lowest BCUT2D eigenvalue weighted by Gasteiger charge is -2.22. The highest BCUT2D eigenvalue weighted by Gasteiger charge is 2.25. The van der Waals surface area contributed by atoms with Crippen LogP contribution >= 0.6 is 12.4 Å². The van der Waals surface area contributed by atoms with Crippen molar-refractivity contribution in [2.75, 3.05) is 0 Å². The molecular formula is C8H20ClN3O2. The molecule has 6 heteroatoms. The second-order valence-corrected chi connectivity index (χ2v) is 3.54. The van der Waals surface area contributed by atoms with Crippen molar-refractivity contribution in [3.8, 4) is 0 Å². The number of hydrogen-bond donors (Lipinski definition) is 4. The minimum absolute atomic E-state index is 0. The van der Waals surface area contributed by atoms with Gasteiger partial charge >= 0.3 is 0 Å². The molecule has 14 heavy (non-hydrogen) atoms. The molecular weight excluding hydrogens is 206 g/mol. The third-order valence-corrected chi connectivity index (χ3v) is 1.64. The Morgan fingerprint density at radius 3 is 2.00 bits per heavy atom. The SMILES string of the molecule is CC(C)NC(=O)C(N)[C@@H](O)[C@H](C)N.Cl. The Balaban J connectivity index is 0. The molecule has 0 spiro atoms. The lowest BCUT2D eigenvalue weighted by Crippen LogP contribution is -2.55. The van der Waals surface area contributed by atoms with Gasteiger partial charge in [-0.15, -0.1) is 12.4 Å². The van der Waals surface area contributed by atoms with Crippen LogP contribution in [0.4, 0.5) is 0 Å². The van der Waals surface area contributed by atoms with Gasteiger partial charge in [-0.3, -0.25) is 4.79 Å². The first-order valence-corrected chi connectivity index (χ1v) is 4.36. The third-order valence-electron chi connectivity index (χ3n) is 1.64. The van der Waals surface area contributed by atoms with Crippen molar-refractivity contribution in [3.63, 3.8) is 0 Å². The molecule has 6 N–H and O–H groups in total. The lowest BCUT2D eigenvalue weighted by molar-refractivity contribution is -0.125. The van der Waals surface area contributed by atoms with Gasteiger partial charge in [0.25, 0.3) is 0 Å². The van der Waals surface area contributed by atoms with Crippen LogP contribution in [0.3, 0.4) is 0 Å². The maximum Gasteiger partial charge on any atom is 0.239 e. The number of aliphatic hydroxyl groups is 1. The van der Waals surface area contributed by atoms with Crippen LogP contribution in [0.15, 0.2) is 0 Å². The van der Waals surface area contributed by atoms with Crippen molar-refractivity contribution in [2.45, 2.75) is 45.0 Å². The van der Waals surface area contributed by atoms with E-state index >= 15 is 0 Å². The predicted octanol–water partition coefficient (Wildman–Crippen LogP) is -1.03. The molecule has 0 saturated carbocycles. The van der Waals surface area contributed by atoms with E-state index in [0.717, 1.165) is 0 Å². The van der Waals surface area contributed by atoms with E-state index in [1.807, 2.05) is 13.8 Å². The van der Waals surface area contributed by atoms with Gasteiger partial charge in [0.15, 0.2) is 0 Å². The molecule has 0 saturated heterocycles. The van der Waals surface area contributed by atoms with Crippen LogP contribution in [-0.4, -0.2) is 35.2 Å². The summed E-state index contributed by atoms with van der Waals surface area (Å²) in [4.78, 5) is 11.2. The van der Waals surface area contributed by atoms with Crippen molar-refractivity contribution in [3.05, 3.63) is 0 Å². The fourth-order valence-electron chi connectivity index (χ4n) is 0.863. The normalized spacial score (nSPS) is 16.8. The highest BCUT2D eigenvalue weighted by molar-refractivity contribution is 5.85. The fourth-order valence-corrected chi connectivity index (χ4v) is 0.863. The number of aliphatic hydroxyl groups excluding tert-OH is 1. The fraction of sp³-hybridized carbons (Fsp3) is 0.875. The molecule has 5 nitrogen and oxygen atoms in total. The average Bonchev–Trinajstić information content (AvgIpc) is 2.00. The van der Waals surface area contributed by atoms with Gasteiger partial charge < -0.3 is 21.9 Å². The van der Waals surface area contributed by atoms with E-state index in [1.165, 1.54) is 0 Å². The molecule has 1 unspecified atom stereocenters. The van der Waals surface area contributed by atoms with Gasteiger partial charge in [-0.25, -0.2) is 0 Å². The van der Waals surface area contributed by atoms with Gasteiger partial charge in [0.1, 0.15) is 6.04 Å².